The summed E-state index contributed by atoms with van der Waals surface area (Å²) in [5.74, 6) is 0. The van der Waals surface area contributed by atoms with Crippen LogP contribution in [-0.4, -0.2) is 23.2 Å². The van der Waals surface area contributed by atoms with E-state index in [0.717, 1.165) is 0 Å². The predicted molar refractivity (Wildman–Crippen MR) is 61.1 cm³/mol. The van der Waals surface area contributed by atoms with Crippen molar-refractivity contribution in [2.24, 2.45) is 0 Å². The number of nitrogens with zero attached hydrogens (tertiary/aromatic N) is 1. The lowest BCUT2D eigenvalue weighted by atomic mass is 10.1. The molecule has 0 radical (unpaired) electrons. The van der Waals surface area contributed by atoms with Gasteiger partial charge in [-0.3, -0.25) is 10.1 Å². The number of rotatable bonds is 4. The monoisotopic (exact) mass is 274 g/mol. The third-order valence-electron chi connectivity index (χ3n) is 1.97. The second-order valence-corrected chi connectivity index (χ2v) is 3.83. The van der Waals surface area contributed by atoms with E-state index < -0.39 is 4.92 Å². The number of hydrogen-bond donors (Lipinski definition) is 2. The lowest BCUT2D eigenvalue weighted by Crippen LogP contribution is -2.08. The number of nitrogens with one attached hydrogen (secondary N) is 1. The summed E-state index contributed by atoms with van der Waals surface area (Å²) in [6.45, 7) is 1.90. The number of anilines is 1. The molecule has 0 aliphatic heterocycles. The highest BCUT2D eigenvalue weighted by Gasteiger charge is 2.18. The molecule has 0 aromatic heterocycles. The number of hydrogen-bond acceptors (Lipinski definition) is 4. The minimum atomic E-state index is -0.431. The van der Waals surface area contributed by atoms with Crippen LogP contribution in [0.4, 0.5) is 11.4 Å². The molecule has 2 N–H and O–H groups in total. The minimum absolute atomic E-state index is 0.0397. The van der Waals surface area contributed by atoms with Gasteiger partial charge in [-0.1, -0.05) is 15.9 Å². The maximum absolute atomic E-state index is 10.8. The summed E-state index contributed by atoms with van der Waals surface area (Å²) in [7, 11) is 0. The van der Waals surface area contributed by atoms with E-state index >= 15 is 0 Å². The van der Waals surface area contributed by atoms with Gasteiger partial charge in [0.05, 0.1) is 11.5 Å². The van der Waals surface area contributed by atoms with Crippen LogP contribution in [-0.2, 0) is 0 Å². The molecule has 0 saturated heterocycles. The van der Waals surface area contributed by atoms with Crippen LogP contribution in [0.25, 0.3) is 0 Å². The molecular weight excluding hydrogens is 264 g/mol. The Labute approximate surface area is 95.4 Å². The Morgan fingerprint density at radius 2 is 2.27 bits per heavy atom. The molecule has 0 aliphatic rings. The van der Waals surface area contributed by atoms with Gasteiger partial charge in [0.15, 0.2) is 0 Å². The molecule has 0 atom stereocenters. The first kappa shape index (κ1) is 11.9. The SMILES string of the molecule is Cc1c(Br)ccc(NCCO)c1[N+](=O)[O-]. The van der Waals surface area contributed by atoms with Crippen molar-refractivity contribution in [2.75, 3.05) is 18.5 Å². The number of aliphatic hydroxyl groups excluding tert-OH is 1. The zero-order valence-corrected chi connectivity index (χ0v) is 9.74. The second kappa shape index (κ2) is 5.09. The fourth-order valence-electron chi connectivity index (χ4n) is 1.24. The van der Waals surface area contributed by atoms with Gasteiger partial charge in [-0.25, -0.2) is 0 Å². The van der Waals surface area contributed by atoms with Crippen molar-refractivity contribution < 1.29 is 10.0 Å². The fraction of sp³-hybridized carbons (Fsp3) is 0.333. The van der Waals surface area contributed by atoms with E-state index in [2.05, 4.69) is 21.2 Å². The predicted octanol–water partition coefficient (Wildman–Crippen LogP) is 2.07. The molecule has 5 nitrogen and oxygen atoms in total. The van der Waals surface area contributed by atoms with Gasteiger partial charge < -0.3 is 10.4 Å². The summed E-state index contributed by atoms with van der Waals surface area (Å²) in [5, 5.41) is 22.3. The van der Waals surface area contributed by atoms with Crippen LogP contribution < -0.4 is 5.32 Å². The lowest BCUT2D eigenvalue weighted by molar-refractivity contribution is -0.384. The van der Waals surface area contributed by atoms with Crippen LogP contribution in [0.2, 0.25) is 0 Å². The molecule has 1 rings (SSSR count). The first-order chi connectivity index (χ1) is 7.07. The molecule has 0 amide bonds. The summed E-state index contributed by atoms with van der Waals surface area (Å²) in [5.41, 5.74) is 1.04. The summed E-state index contributed by atoms with van der Waals surface area (Å²) in [4.78, 5) is 10.4. The van der Waals surface area contributed by atoms with Crippen LogP contribution in [0.15, 0.2) is 16.6 Å². The summed E-state index contributed by atoms with van der Waals surface area (Å²) in [6.07, 6.45) is 0. The smallest absolute Gasteiger partial charge is 0.296 e. The average molecular weight is 275 g/mol. The Balaban J connectivity index is 3.15. The zero-order valence-electron chi connectivity index (χ0n) is 8.16. The van der Waals surface area contributed by atoms with Crippen LogP contribution in [0.3, 0.4) is 0 Å². The van der Waals surface area contributed by atoms with Gasteiger partial charge in [0.2, 0.25) is 0 Å². The van der Waals surface area contributed by atoms with Crippen LogP contribution >= 0.6 is 15.9 Å². The van der Waals surface area contributed by atoms with Gasteiger partial charge in [-0.15, -0.1) is 0 Å². The molecule has 6 heteroatoms. The van der Waals surface area contributed by atoms with E-state index in [4.69, 9.17) is 5.11 Å². The first-order valence-electron chi connectivity index (χ1n) is 4.36. The van der Waals surface area contributed by atoms with E-state index in [1.54, 1.807) is 19.1 Å². The van der Waals surface area contributed by atoms with Crippen molar-refractivity contribution >= 4 is 27.3 Å². The first-order valence-corrected chi connectivity index (χ1v) is 5.15. The summed E-state index contributed by atoms with van der Waals surface area (Å²) < 4.78 is 0.698. The third-order valence-corrected chi connectivity index (χ3v) is 2.83. The van der Waals surface area contributed by atoms with Crippen LogP contribution in [0.5, 0.6) is 0 Å². The largest absolute Gasteiger partial charge is 0.395 e. The minimum Gasteiger partial charge on any atom is -0.395 e. The maximum Gasteiger partial charge on any atom is 0.296 e. The van der Waals surface area contributed by atoms with E-state index in [0.29, 0.717) is 22.3 Å². The molecule has 0 saturated carbocycles. The number of nitro benzene ring substituents is 1. The Morgan fingerprint density at radius 1 is 1.60 bits per heavy atom. The molecular formula is C9H11BrN2O3. The van der Waals surface area contributed by atoms with Crippen molar-refractivity contribution in [3.05, 3.63) is 32.3 Å². The van der Waals surface area contributed by atoms with E-state index in [-0.39, 0.29) is 12.3 Å². The molecule has 0 spiro atoms. The number of aliphatic hydroxyl groups is 1. The van der Waals surface area contributed by atoms with Crippen molar-refractivity contribution in [2.45, 2.75) is 6.92 Å². The van der Waals surface area contributed by atoms with Gasteiger partial charge in [0.25, 0.3) is 5.69 Å². The summed E-state index contributed by atoms with van der Waals surface area (Å²) >= 11 is 3.24. The molecule has 0 unspecified atom stereocenters. The number of nitro groups is 1. The molecule has 0 aliphatic carbocycles. The highest BCUT2D eigenvalue weighted by Crippen LogP contribution is 2.33. The van der Waals surface area contributed by atoms with Crippen molar-refractivity contribution in [1.29, 1.82) is 0 Å². The third kappa shape index (κ3) is 2.66. The molecule has 1 aromatic carbocycles. The number of benzene rings is 1. The molecule has 0 bridgehead atoms. The molecule has 15 heavy (non-hydrogen) atoms. The van der Waals surface area contributed by atoms with Gasteiger partial charge in [0, 0.05) is 16.6 Å². The highest BCUT2D eigenvalue weighted by atomic mass is 79.9. The quantitative estimate of drug-likeness (QED) is 0.651. The lowest BCUT2D eigenvalue weighted by Gasteiger charge is -2.08. The van der Waals surface area contributed by atoms with Gasteiger partial charge in [-0.2, -0.15) is 0 Å². The van der Waals surface area contributed by atoms with Gasteiger partial charge >= 0.3 is 0 Å². The van der Waals surface area contributed by atoms with Crippen LogP contribution in [0.1, 0.15) is 5.56 Å². The Morgan fingerprint density at radius 3 is 2.80 bits per heavy atom. The molecule has 82 valence electrons. The normalized spacial score (nSPS) is 10.1. The Kier molecular flexibility index (Phi) is 4.05. The highest BCUT2D eigenvalue weighted by molar-refractivity contribution is 9.10. The average Bonchev–Trinajstić information content (AvgIpc) is 2.19. The standard InChI is InChI=1S/C9H11BrN2O3/c1-6-7(10)2-3-8(11-4-5-13)9(6)12(14)15/h2-3,11,13H,4-5H2,1H3. The van der Waals surface area contributed by atoms with Crippen molar-refractivity contribution in [1.82, 2.24) is 0 Å². The second-order valence-electron chi connectivity index (χ2n) is 2.98. The number of halogens is 1. The topological polar surface area (TPSA) is 75.4 Å². The van der Waals surface area contributed by atoms with Crippen molar-refractivity contribution in [3.63, 3.8) is 0 Å². The van der Waals surface area contributed by atoms with Crippen LogP contribution in [0, 0.1) is 17.0 Å². The van der Waals surface area contributed by atoms with E-state index in [9.17, 15) is 10.1 Å². The molecule has 0 heterocycles. The van der Waals surface area contributed by atoms with Gasteiger partial charge in [0.1, 0.15) is 5.69 Å². The van der Waals surface area contributed by atoms with Gasteiger partial charge in [-0.05, 0) is 19.1 Å². The fourth-order valence-corrected chi connectivity index (χ4v) is 1.56. The summed E-state index contributed by atoms with van der Waals surface area (Å²) in [6, 6.07) is 3.35. The molecule has 1 aromatic rings. The van der Waals surface area contributed by atoms with E-state index in [1.807, 2.05) is 0 Å². The maximum atomic E-state index is 10.8. The van der Waals surface area contributed by atoms with Crippen molar-refractivity contribution in [3.8, 4) is 0 Å². The molecule has 0 fully saturated rings. The Hall–Kier alpha value is -1.14. The Bertz CT molecular complexity index is 382. The zero-order chi connectivity index (χ0) is 11.4. The van der Waals surface area contributed by atoms with E-state index in [1.165, 1.54) is 0 Å².